The van der Waals surface area contributed by atoms with E-state index in [2.05, 4.69) is 15.7 Å². The number of ether oxygens (including phenoxy) is 1. The summed E-state index contributed by atoms with van der Waals surface area (Å²) in [5, 5.41) is 21.2. The largest absolute Gasteiger partial charge is 0.507 e. The van der Waals surface area contributed by atoms with Crippen LogP contribution in [-0.4, -0.2) is 33.9 Å². The number of carbonyl (C=O) groups excluding carboxylic acids is 2. The Morgan fingerprint density at radius 2 is 1.72 bits per heavy atom. The van der Waals surface area contributed by atoms with Gasteiger partial charge in [-0.2, -0.15) is 9.78 Å². The number of rotatable bonds is 7. The van der Waals surface area contributed by atoms with Gasteiger partial charge in [0.15, 0.2) is 0 Å². The van der Waals surface area contributed by atoms with Crippen LogP contribution in [0.25, 0.3) is 11.3 Å². The van der Waals surface area contributed by atoms with E-state index in [1.165, 1.54) is 10.7 Å². The fourth-order valence-corrected chi connectivity index (χ4v) is 4.93. The van der Waals surface area contributed by atoms with Crippen LogP contribution in [0.5, 0.6) is 11.5 Å². The summed E-state index contributed by atoms with van der Waals surface area (Å²) in [5.41, 5.74) is 4.81. The van der Waals surface area contributed by atoms with Crippen LogP contribution in [0, 0.1) is 6.92 Å². The second-order valence-corrected chi connectivity index (χ2v) is 9.91. The second-order valence-electron chi connectivity index (χ2n) is 9.91. The first-order chi connectivity index (χ1) is 18.9. The number of aromatic hydroxyl groups is 1. The zero-order valence-electron chi connectivity index (χ0n) is 22.1. The average molecular weight is 525 g/mol. The minimum Gasteiger partial charge on any atom is -0.507 e. The summed E-state index contributed by atoms with van der Waals surface area (Å²) in [6.07, 6.45) is 4.17. The molecule has 5 rings (SSSR count). The van der Waals surface area contributed by atoms with Gasteiger partial charge in [0.1, 0.15) is 11.5 Å². The fourth-order valence-electron chi connectivity index (χ4n) is 4.93. The molecular formula is C31H32N4O4. The molecule has 8 nitrogen and oxygen atoms in total. The van der Waals surface area contributed by atoms with Gasteiger partial charge in [0.2, 0.25) is 0 Å². The third-order valence-corrected chi connectivity index (χ3v) is 7.15. The maximum Gasteiger partial charge on any atom is 0.342 e. The number of nitrogens with zero attached hydrogens (tertiary/aromatic N) is 2. The monoisotopic (exact) mass is 524 g/mol. The topological polar surface area (TPSA) is 105 Å². The van der Waals surface area contributed by atoms with E-state index in [4.69, 9.17) is 4.74 Å². The number of hydrogen-bond donors (Lipinski definition) is 3. The van der Waals surface area contributed by atoms with Crippen molar-refractivity contribution in [3.63, 3.8) is 0 Å². The van der Waals surface area contributed by atoms with Crippen LogP contribution in [0.3, 0.4) is 0 Å². The molecule has 1 aromatic heterocycles. The summed E-state index contributed by atoms with van der Waals surface area (Å²) in [4.78, 5) is 26.0. The molecule has 1 aliphatic rings. The van der Waals surface area contributed by atoms with Crippen molar-refractivity contribution < 1.29 is 19.4 Å². The van der Waals surface area contributed by atoms with Gasteiger partial charge in [-0.15, -0.1) is 0 Å². The summed E-state index contributed by atoms with van der Waals surface area (Å²) >= 11 is 0. The molecule has 1 saturated carbocycles. The third kappa shape index (κ3) is 5.95. The number of benzene rings is 3. The molecule has 0 unspecified atom stereocenters. The second kappa shape index (κ2) is 11.4. The Morgan fingerprint density at radius 3 is 2.41 bits per heavy atom. The van der Waals surface area contributed by atoms with Crippen molar-refractivity contribution in [2.24, 2.45) is 0 Å². The molecule has 1 heterocycles. The third-order valence-electron chi connectivity index (χ3n) is 7.15. The van der Waals surface area contributed by atoms with Gasteiger partial charge in [0.05, 0.1) is 18.5 Å². The van der Waals surface area contributed by atoms with Crippen LogP contribution in [-0.2, 0) is 6.54 Å². The van der Waals surface area contributed by atoms with Gasteiger partial charge < -0.3 is 20.5 Å². The van der Waals surface area contributed by atoms with E-state index in [9.17, 15) is 14.7 Å². The number of anilines is 1. The maximum absolute atomic E-state index is 13.3. The fraction of sp³-hybridized carbons (Fsp3) is 0.258. The van der Waals surface area contributed by atoms with E-state index in [-0.39, 0.29) is 23.6 Å². The van der Waals surface area contributed by atoms with Crippen LogP contribution in [0.15, 0.2) is 72.8 Å². The number of aromatic nitrogens is 2. The number of hydrogen-bond acceptors (Lipinski definition) is 5. The lowest BCUT2D eigenvalue weighted by Crippen LogP contribution is -2.30. The molecule has 0 aliphatic heterocycles. The Hall–Kier alpha value is -4.59. The van der Waals surface area contributed by atoms with Crippen LogP contribution in [0.1, 0.15) is 58.8 Å². The Balaban J connectivity index is 1.40. The van der Waals surface area contributed by atoms with E-state index >= 15 is 0 Å². The zero-order chi connectivity index (χ0) is 27.4. The number of phenols is 1. The molecule has 0 radical (unpaired) electrons. The minimum atomic E-state index is -0.331. The van der Waals surface area contributed by atoms with E-state index in [1.807, 2.05) is 49.4 Å². The van der Waals surface area contributed by atoms with Gasteiger partial charge in [0.25, 0.3) is 5.91 Å². The number of methoxy groups -OCH3 is 1. The summed E-state index contributed by atoms with van der Waals surface area (Å²) in [6, 6.07) is 21.2. The summed E-state index contributed by atoms with van der Waals surface area (Å²) in [6.45, 7) is 2.31. The molecule has 3 N–H and O–H groups in total. The van der Waals surface area contributed by atoms with Gasteiger partial charge in [-0.1, -0.05) is 42.7 Å². The normalized spacial score (nSPS) is 13.3. The lowest BCUT2D eigenvalue weighted by Gasteiger charge is -2.12. The predicted octanol–water partition coefficient (Wildman–Crippen LogP) is 6.24. The van der Waals surface area contributed by atoms with Crippen molar-refractivity contribution in [3.05, 3.63) is 95.2 Å². The summed E-state index contributed by atoms with van der Waals surface area (Å²) in [7, 11) is 1.61. The lowest BCUT2D eigenvalue weighted by atomic mass is 10.0. The van der Waals surface area contributed by atoms with E-state index in [1.54, 1.807) is 31.4 Å². The first-order valence-corrected chi connectivity index (χ1v) is 13.1. The van der Waals surface area contributed by atoms with Gasteiger partial charge in [-0.25, -0.2) is 4.79 Å². The molecule has 2 amide bonds. The van der Waals surface area contributed by atoms with Crippen LogP contribution in [0.2, 0.25) is 0 Å². The molecule has 3 aromatic carbocycles. The van der Waals surface area contributed by atoms with Crippen molar-refractivity contribution in [3.8, 4) is 22.8 Å². The van der Waals surface area contributed by atoms with Crippen LogP contribution in [0.4, 0.5) is 10.5 Å². The highest BCUT2D eigenvalue weighted by Crippen LogP contribution is 2.38. The van der Waals surface area contributed by atoms with Gasteiger partial charge in [-0.3, -0.25) is 4.79 Å². The van der Waals surface area contributed by atoms with E-state index < -0.39 is 0 Å². The van der Waals surface area contributed by atoms with Crippen molar-refractivity contribution >= 4 is 17.6 Å². The zero-order valence-corrected chi connectivity index (χ0v) is 22.1. The molecular weight excluding hydrogens is 492 g/mol. The predicted molar refractivity (Wildman–Crippen MR) is 150 cm³/mol. The first-order valence-electron chi connectivity index (χ1n) is 13.1. The molecule has 4 aromatic rings. The highest BCUT2D eigenvalue weighted by atomic mass is 16.5. The van der Waals surface area contributed by atoms with Gasteiger partial charge in [0, 0.05) is 29.3 Å². The lowest BCUT2D eigenvalue weighted by molar-refractivity contribution is 0.102. The van der Waals surface area contributed by atoms with E-state index in [0.29, 0.717) is 29.1 Å². The molecule has 8 heteroatoms. The Bertz CT molecular complexity index is 1470. The molecule has 0 bridgehead atoms. The highest BCUT2D eigenvalue weighted by molar-refractivity contribution is 6.04. The molecule has 39 heavy (non-hydrogen) atoms. The number of carbonyl (C=O) groups is 2. The van der Waals surface area contributed by atoms with Crippen molar-refractivity contribution in [1.29, 1.82) is 0 Å². The molecule has 1 fully saturated rings. The van der Waals surface area contributed by atoms with Crippen molar-refractivity contribution in [2.45, 2.75) is 45.1 Å². The van der Waals surface area contributed by atoms with Crippen LogP contribution >= 0.6 is 0 Å². The maximum atomic E-state index is 13.3. The molecule has 0 spiro atoms. The number of phenolic OH excluding ortho intramolecular Hbond substituents is 1. The molecule has 0 atom stereocenters. The Labute approximate surface area is 227 Å². The Kier molecular flexibility index (Phi) is 7.63. The molecule has 0 saturated heterocycles. The molecule has 200 valence electrons. The molecule has 1 aliphatic carbocycles. The van der Waals surface area contributed by atoms with Crippen LogP contribution < -0.4 is 15.4 Å². The standard InChI is InChI=1S/C31H32N4O4/c1-20-7-11-23(12-8-20)30(37)33-24-13-16-29(36)26(17-24)27-18-28(22-5-3-4-6-22)35(34-27)31(38)32-19-21-9-14-25(39-2)15-10-21/h7-18,22,36H,3-6,19H2,1-2H3,(H,32,38)(H,33,37). The summed E-state index contributed by atoms with van der Waals surface area (Å²) in [5.74, 6) is 0.735. The average Bonchev–Trinajstić information content (AvgIpc) is 3.64. The number of nitrogens with one attached hydrogen (secondary N) is 2. The smallest absolute Gasteiger partial charge is 0.342 e. The number of amides is 2. The van der Waals surface area contributed by atoms with E-state index in [0.717, 1.165) is 48.3 Å². The number of aryl methyl sites for hydroxylation is 1. The quantitative estimate of drug-likeness (QED) is 0.248. The van der Waals surface area contributed by atoms with Gasteiger partial charge in [-0.05, 0) is 73.9 Å². The minimum absolute atomic E-state index is 0.0181. The van der Waals surface area contributed by atoms with Crippen molar-refractivity contribution in [2.75, 3.05) is 12.4 Å². The van der Waals surface area contributed by atoms with Crippen molar-refractivity contribution in [1.82, 2.24) is 15.1 Å². The first kappa shape index (κ1) is 26.0. The highest BCUT2D eigenvalue weighted by Gasteiger charge is 2.26. The SMILES string of the molecule is COc1ccc(CNC(=O)n2nc(-c3cc(NC(=O)c4ccc(C)cc4)ccc3O)cc2C2CCCC2)cc1. The Morgan fingerprint density at radius 1 is 1.00 bits per heavy atom. The van der Waals surface area contributed by atoms with Gasteiger partial charge >= 0.3 is 6.03 Å². The summed E-state index contributed by atoms with van der Waals surface area (Å²) < 4.78 is 6.62.